The Morgan fingerprint density at radius 2 is 1.77 bits per heavy atom. The van der Waals surface area contributed by atoms with Gasteiger partial charge in [-0.1, -0.05) is 42.5 Å². The largest absolute Gasteiger partial charge is 0.496 e. The predicted molar refractivity (Wildman–Crippen MR) is 117 cm³/mol. The number of nitrogens with one attached hydrogen (secondary N) is 1. The maximum absolute atomic E-state index is 13.1. The van der Waals surface area contributed by atoms with Crippen LogP contribution in [0.4, 0.5) is 5.69 Å². The molecule has 0 radical (unpaired) electrons. The molecule has 2 amide bonds. The summed E-state index contributed by atoms with van der Waals surface area (Å²) in [6, 6.07) is 22.6. The lowest BCUT2D eigenvalue weighted by Crippen LogP contribution is -2.35. The van der Waals surface area contributed by atoms with Crippen molar-refractivity contribution in [3.8, 4) is 5.75 Å². The molecule has 5 nitrogen and oxygen atoms in total. The van der Waals surface area contributed by atoms with E-state index in [1.165, 1.54) is 0 Å². The first-order valence-electron chi connectivity index (χ1n) is 10.00. The fourth-order valence-electron chi connectivity index (χ4n) is 3.90. The molecule has 0 spiro atoms. The zero-order valence-corrected chi connectivity index (χ0v) is 17.1. The minimum Gasteiger partial charge on any atom is -0.496 e. The van der Waals surface area contributed by atoms with Crippen molar-refractivity contribution in [2.45, 2.75) is 25.9 Å². The molecular formula is C25H24N2O3. The predicted octanol–water partition coefficient (Wildman–Crippen LogP) is 4.22. The third-order valence-corrected chi connectivity index (χ3v) is 5.41. The van der Waals surface area contributed by atoms with E-state index in [9.17, 15) is 9.59 Å². The highest BCUT2D eigenvalue weighted by Crippen LogP contribution is 2.34. The third kappa shape index (κ3) is 3.79. The number of methoxy groups -OCH3 is 1. The van der Waals surface area contributed by atoms with Crippen LogP contribution in [0.1, 0.15) is 38.8 Å². The van der Waals surface area contributed by atoms with Crippen molar-refractivity contribution >= 4 is 17.5 Å². The van der Waals surface area contributed by atoms with Gasteiger partial charge in [0, 0.05) is 23.8 Å². The van der Waals surface area contributed by atoms with Crippen molar-refractivity contribution in [2.75, 3.05) is 12.0 Å². The fourth-order valence-corrected chi connectivity index (χ4v) is 3.90. The molecule has 3 aromatic rings. The van der Waals surface area contributed by atoms with Gasteiger partial charge in [-0.05, 0) is 54.8 Å². The molecule has 30 heavy (non-hydrogen) atoms. The summed E-state index contributed by atoms with van der Waals surface area (Å²) in [6.45, 7) is 2.43. The van der Waals surface area contributed by atoms with Crippen LogP contribution in [-0.2, 0) is 13.0 Å². The number of para-hydroxylation sites is 1. The van der Waals surface area contributed by atoms with Gasteiger partial charge in [0.05, 0.1) is 12.7 Å². The van der Waals surface area contributed by atoms with Crippen LogP contribution in [0, 0.1) is 0 Å². The monoisotopic (exact) mass is 400 g/mol. The first-order valence-corrected chi connectivity index (χ1v) is 10.00. The molecule has 1 atom stereocenters. The van der Waals surface area contributed by atoms with E-state index in [1.807, 2.05) is 53.4 Å². The number of benzene rings is 3. The molecule has 152 valence electrons. The molecule has 0 aromatic heterocycles. The Morgan fingerprint density at radius 3 is 2.53 bits per heavy atom. The van der Waals surface area contributed by atoms with Gasteiger partial charge in [-0.15, -0.1) is 0 Å². The maximum atomic E-state index is 13.1. The van der Waals surface area contributed by atoms with Crippen molar-refractivity contribution < 1.29 is 14.3 Å². The Morgan fingerprint density at radius 1 is 1.03 bits per heavy atom. The van der Waals surface area contributed by atoms with Gasteiger partial charge in [-0.25, -0.2) is 0 Å². The second-order valence-corrected chi connectivity index (χ2v) is 7.44. The zero-order chi connectivity index (χ0) is 21.1. The van der Waals surface area contributed by atoms with E-state index in [-0.39, 0.29) is 17.9 Å². The second-order valence-electron chi connectivity index (χ2n) is 7.44. The van der Waals surface area contributed by atoms with E-state index in [0.717, 1.165) is 23.2 Å². The molecule has 1 aliphatic heterocycles. The standard InChI is InChI=1S/C25H24N2O3/c1-17-14-20-13-12-18(16-26-24(28)21-10-6-7-11-23(21)30-2)15-22(20)27(17)25(29)19-8-4-3-5-9-19/h3-13,15,17H,14,16H2,1-2H3,(H,26,28)/t17-/m1/s1. The van der Waals surface area contributed by atoms with Gasteiger partial charge in [0.2, 0.25) is 0 Å². The van der Waals surface area contributed by atoms with E-state index in [4.69, 9.17) is 4.74 Å². The van der Waals surface area contributed by atoms with Gasteiger partial charge >= 0.3 is 0 Å². The molecule has 4 rings (SSSR count). The minimum absolute atomic E-state index is 0.00272. The number of rotatable bonds is 5. The Kier molecular flexibility index (Phi) is 5.53. The van der Waals surface area contributed by atoms with Crippen LogP contribution in [0.25, 0.3) is 0 Å². The summed E-state index contributed by atoms with van der Waals surface area (Å²) in [4.78, 5) is 27.5. The van der Waals surface area contributed by atoms with Crippen LogP contribution >= 0.6 is 0 Å². The summed E-state index contributed by atoms with van der Waals surface area (Å²) in [5.74, 6) is 0.341. The molecule has 0 bridgehead atoms. The quantitative estimate of drug-likeness (QED) is 0.698. The molecule has 0 aliphatic carbocycles. The van der Waals surface area contributed by atoms with Gasteiger partial charge < -0.3 is 15.0 Å². The van der Waals surface area contributed by atoms with E-state index in [0.29, 0.717) is 23.4 Å². The van der Waals surface area contributed by atoms with Gasteiger partial charge in [-0.3, -0.25) is 9.59 Å². The molecule has 0 saturated carbocycles. The van der Waals surface area contributed by atoms with Gasteiger partial charge in [0.25, 0.3) is 11.8 Å². The summed E-state index contributed by atoms with van der Waals surface area (Å²) in [5.41, 5.74) is 4.17. The third-order valence-electron chi connectivity index (χ3n) is 5.41. The highest BCUT2D eigenvalue weighted by molar-refractivity contribution is 6.07. The van der Waals surface area contributed by atoms with Gasteiger partial charge in [-0.2, -0.15) is 0 Å². The number of carbonyl (C=O) groups is 2. The SMILES string of the molecule is COc1ccccc1C(=O)NCc1ccc2c(c1)N(C(=O)c1ccccc1)[C@H](C)C2. The molecule has 5 heteroatoms. The summed E-state index contributed by atoms with van der Waals surface area (Å²) in [7, 11) is 1.55. The summed E-state index contributed by atoms with van der Waals surface area (Å²) >= 11 is 0. The molecule has 0 fully saturated rings. The number of fused-ring (bicyclic) bond motifs is 1. The highest BCUT2D eigenvalue weighted by Gasteiger charge is 2.31. The topological polar surface area (TPSA) is 58.6 Å². The smallest absolute Gasteiger partial charge is 0.258 e. The van der Waals surface area contributed by atoms with Crippen molar-refractivity contribution in [1.82, 2.24) is 5.32 Å². The molecule has 0 unspecified atom stereocenters. The minimum atomic E-state index is -0.196. The van der Waals surface area contributed by atoms with Crippen LogP contribution in [0.15, 0.2) is 72.8 Å². The molecule has 0 saturated heterocycles. The lowest BCUT2D eigenvalue weighted by Gasteiger charge is -2.23. The van der Waals surface area contributed by atoms with E-state index in [2.05, 4.69) is 18.3 Å². The van der Waals surface area contributed by atoms with Crippen molar-refractivity contribution in [1.29, 1.82) is 0 Å². The average molecular weight is 400 g/mol. The Balaban J connectivity index is 1.53. The lowest BCUT2D eigenvalue weighted by molar-refractivity contribution is 0.0945. The maximum Gasteiger partial charge on any atom is 0.258 e. The highest BCUT2D eigenvalue weighted by atomic mass is 16.5. The lowest BCUT2D eigenvalue weighted by atomic mass is 10.1. The van der Waals surface area contributed by atoms with E-state index < -0.39 is 0 Å². The van der Waals surface area contributed by atoms with Crippen molar-refractivity contribution in [3.05, 3.63) is 95.1 Å². The normalized spacial score (nSPS) is 14.9. The molecule has 1 N–H and O–H groups in total. The number of amides is 2. The molecule has 1 heterocycles. The molecular weight excluding hydrogens is 376 g/mol. The van der Waals surface area contributed by atoms with Crippen LogP contribution < -0.4 is 15.0 Å². The van der Waals surface area contributed by atoms with Crippen LogP contribution in [0.2, 0.25) is 0 Å². The second kappa shape index (κ2) is 8.41. The number of nitrogens with zero attached hydrogens (tertiary/aromatic N) is 1. The van der Waals surface area contributed by atoms with E-state index in [1.54, 1.807) is 25.3 Å². The first-order chi connectivity index (χ1) is 14.6. The molecule has 1 aliphatic rings. The number of anilines is 1. The average Bonchev–Trinajstić information content (AvgIpc) is 3.12. The van der Waals surface area contributed by atoms with E-state index >= 15 is 0 Å². The molecule has 3 aromatic carbocycles. The zero-order valence-electron chi connectivity index (χ0n) is 17.1. The van der Waals surface area contributed by atoms with Crippen molar-refractivity contribution in [3.63, 3.8) is 0 Å². The van der Waals surface area contributed by atoms with Gasteiger partial charge in [0.15, 0.2) is 0 Å². The summed E-state index contributed by atoms with van der Waals surface area (Å²) in [5, 5.41) is 2.95. The number of carbonyl (C=O) groups excluding carboxylic acids is 2. The number of ether oxygens (including phenoxy) is 1. The van der Waals surface area contributed by atoms with Crippen LogP contribution in [0.3, 0.4) is 0 Å². The fraction of sp³-hybridized carbons (Fsp3) is 0.200. The number of hydrogen-bond acceptors (Lipinski definition) is 3. The Hall–Kier alpha value is -3.60. The summed E-state index contributed by atoms with van der Waals surface area (Å²) < 4.78 is 5.27. The number of hydrogen-bond donors (Lipinski definition) is 1. The Bertz CT molecular complexity index is 1080. The van der Waals surface area contributed by atoms with Gasteiger partial charge in [0.1, 0.15) is 5.75 Å². The van der Waals surface area contributed by atoms with Crippen molar-refractivity contribution in [2.24, 2.45) is 0 Å². The Labute approximate surface area is 176 Å². The van der Waals surface area contributed by atoms with Crippen LogP contribution in [-0.4, -0.2) is 25.0 Å². The first kappa shape index (κ1) is 19.7. The van der Waals surface area contributed by atoms with Crippen LogP contribution in [0.5, 0.6) is 5.75 Å². The summed E-state index contributed by atoms with van der Waals surface area (Å²) in [6.07, 6.45) is 0.821.